The second-order valence-electron chi connectivity index (χ2n) is 6.70. The molecule has 0 saturated carbocycles. The number of aromatic amines is 1. The zero-order chi connectivity index (χ0) is 17.2. The Balaban J connectivity index is 1.63. The van der Waals surface area contributed by atoms with Crippen LogP contribution in [0.3, 0.4) is 0 Å². The van der Waals surface area contributed by atoms with E-state index in [1.54, 1.807) is 0 Å². The van der Waals surface area contributed by atoms with Crippen molar-refractivity contribution in [3.05, 3.63) is 66.0 Å². The van der Waals surface area contributed by atoms with E-state index >= 15 is 0 Å². The fourth-order valence-corrected chi connectivity index (χ4v) is 3.88. The van der Waals surface area contributed by atoms with Crippen molar-refractivity contribution in [1.82, 2.24) is 14.9 Å². The predicted molar refractivity (Wildman–Crippen MR) is 99.3 cm³/mol. The lowest BCUT2D eigenvalue weighted by Crippen LogP contribution is -2.35. The van der Waals surface area contributed by atoms with Gasteiger partial charge in [0, 0.05) is 6.54 Å². The summed E-state index contributed by atoms with van der Waals surface area (Å²) < 4.78 is 0. The molecule has 4 nitrogen and oxygen atoms in total. The highest BCUT2D eigenvalue weighted by molar-refractivity contribution is 5.84. The molecular weight excluding hydrogens is 310 g/mol. The Morgan fingerprint density at radius 1 is 1.20 bits per heavy atom. The van der Waals surface area contributed by atoms with Crippen LogP contribution >= 0.6 is 0 Å². The number of para-hydroxylation sites is 2. The zero-order valence-electron chi connectivity index (χ0n) is 14.5. The van der Waals surface area contributed by atoms with E-state index in [2.05, 4.69) is 24.0 Å². The van der Waals surface area contributed by atoms with Crippen LogP contribution in [0.15, 0.2) is 54.6 Å². The van der Waals surface area contributed by atoms with Crippen molar-refractivity contribution < 1.29 is 4.79 Å². The van der Waals surface area contributed by atoms with E-state index in [1.165, 1.54) is 0 Å². The number of aromatic nitrogens is 2. The van der Waals surface area contributed by atoms with Crippen LogP contribution in [0.25, 0.3) is 11.0 Å². The van der Waals surface area contributed by atoms with Crippen molar-refractivity contribution in [2.45, 2.75) is 38.1 Å². The quantitative estimate of drug-likeness (QED) is 0.768. The van der Waals surface area contributed by atoms with Crippen molar-refractivity contribution in [2.24, 2.45) is 0 Å². The van der Waals surface area contributed by atoms with Gasteiger partial charge < -0.3 is 9.88 Å². The first-order valence-electron chi connectivity index (χ1n) is 9.08. The maximum atomic E-state index is 13.3. The van der Waals surface area contributed by atoms with Crippen LogP contribution < -0.4 is 0 Å². The Hall–Kier alpha value is -2.62. The molecule has 1 aliphatic rings. The van der Waals surface area contributed by atoms with Gasteiger partial charge in [0.05, 0.1) is 23.0 Å². The molecule has 1 fully saturated rings. The molecule has 2 aromatic carbocycles. The molecule has 2 atom stereocenters. The van der Waals surface area contributed by atoms with Gasteiger partial charge in [-0.1, -0.05) is 49.4 Å². The number of nitrogens with zero attached hydrogens (tertiary/aromatic N) is 2. The maximum absolute atomic E-state index is 13.3. The highest BCUT2D eigenvalue weighted by atomic mass is 16.2. The van der Waals surface area contributed by atoms with Crippen LogP contribution in [0.2, 0.25) is 0 Å². The Kier molecular flexibility index (Phi) is 4.26. The number of nitrogens with one attached hydrogen (secondary N) is 1. The van der Waals surface area contributed by atoms with Crippen LogP contribution in [0.1, 0.15) is 49.5 Å². The van der Waals surface area contributed by atoms with Crippen LogP contribution in [0.4, 0.5) is 0 Å². The highest BCUT2D eigenvalue weighted by Crippen LogP contribution is 2.35. The van der Waals surface area contributed by atoms with E-state index in [-0.39, 0.29) is 17.9 Å². The molecule has 3 aromatic rings. The number of carbonyl (C=O) groups excluding carboxylic acids is 1. The standard InChI is InChI=1S/C21H23N3O/c1-2-16(15-9-4-3-5-10-15)21(25)24-14-8-13-19(24)20-22-17-11-6-7-12-18(17)23-20/h3-7,9-12,16,19H,2,8,13-14H2,1H3,(H,22,23)/t16-,19+/m0/s1. The molecule has 1 aliphatic heterocycles. The normalized spacial score (nSPS) is 18.6. The largest absolute Gasteiger partial charge is 0.340 e. The van der Waals surface area contributed by atoms with Gasteiger partial charge in [-0.15, -0.1) is 0 Å². The number of imidazole rings is 1. The summed E-state index contributed by atoms with van der Waals surface area (Å²) in [6.45, 7) is 2.89. The molecule has 1 N–H and O–H groups in total. The van der Waals surface area contributed by atoms with Crippen LogP contribution in [-0.4, -0.2) is 27.3 Å². The Bertz CT molecular complexity index is 838. The van der Waals surface area contributed by atoms with Gasteiger partial charge in [-0.05, 0) is 37.0 Å². The summed E-state index contributed by atoms with van der Waals surface area (Å²) in [7, 11) is 0. The first-order chi connectivity index (χ1) is 12.3. The Labute approximate surface area is 147 Å². The van der Waals surface area contributed by atoms with Gasteiger partial charge in [-0.2, -0.15) is 0 Å². The van der Waals surface area contributed by atoms with Gasteiger partial charge >= 0.3 is 0 Å². The molecule has 4 heteroatoms. The summed E-state index contributed by atoms with van der Waals surface area (Å²) >= 11 is 0. The van der Waals surface area contributed by atoms with E-state index in [0.29, 0.717) is 0 Å². The van der Waals surface area contributed by atoms with Gasteiger partial charge in [0.25, 0.3) is 0 Å². The third-order valence-electron chi connectivity index (χ3n) is 5.17. The van der Waals surface area contributed by atoms with Gasteiger partial charge in [0.1, 0.15) is 5.82 Å². The molecule has 0 unspecified atom stereocenters. The first-order valence-corrected chi connectivity index (χ1v) is 9.08. The molecule has 0 spiro atoms. The smallest absolute Gasteiger partial charge is 0.230 e. The van der Waals surface area contributed by atoms with Crippen molar-refractivity contribution in [3.8, 4) is 0 Å². The van der Waals surface area contributed by atoms with Gasteiger partial charge in [-0.25, -0.2) is 4.98 Å². The molecule has 0 radical (unpaired) electrons. The average molecular weight is 333 g/mol. The predicted octanol–water partition coefficient (Wildman–Crippen LogP) is 4.42. The summed E-state index contributed by atoms with van der Waals surface area (Å²) in [4.78, 5) is 23.4. The maximum Gasteiger partial charge on any atom is 0.230 e. The van der Waals surface area contributed by atoms with Crippen molar-refractivity contribution in [3.63, 3.8) is 0 Å². The molecule has 0 bridgehead atoms. The summed E-state index contributed by atoms with van der Waals surface area (Å²) in [6.07, 6.45) is 2.81. The third kappa shape index (κ3) is 2.93. The number of hydrogen-bond acceptors (Lipinski definition) is 2. The number of fused-ring (bicyclic) bond motifs is 1. The monoisotopic (exact) mass is 333 g/mol. The molecule has 4 rings (SSSR count). The first kappa shape index (κ1) is 15.9. The lowest BCUT2D eigenvalue weighted by Gasteiger charge is -2.27. The van der Waals surface area contributed by atoms with E-state index in [1.807, 2.05) is 47.4 Å². The average Bonchev–Trinajstić information content (AvgIpc) is 3.29. The van der Waals surface area contributed by atoms with Gasteiger partial charge in [0.15, 0.2) is 0 Å². The second kappa shape index (κ2) is 6.71. The second-order valence-corrected chi connectivity index (χ2v) is 6.70. The van der Waals surface area contributed by atoms with E-state index in [9.17, 15) is 4.79 Å². The fraction of sp³-hybridized carbons (Fsp3) is 0.333. The molecule has 2 heterocycles. The van der Waals surface area contributed by atoms with Crippen molar-refractivity contribution >= 4 is 16.9 Å². The minimum Gasteiger partial charge on any atom is -0.340 e. The van der Waals surface area contributed by atoms with Crippen LogP contribution in [0, 0.1) is 0 Å². The number of benzene rings is 2. The molecule has 1 amide bonds. The number of hydrogen-bond donors (Lipinski definition) is 1. The summed E-state index contributed by atoms with van der Waals surface area (Å²) in [5.41, 5.74) is 3.10. The number of H-pyrrole nitrogens is 1. The Morgan fingerprint density at radius 3 is 2.72 bits per heavy atom. The molecule has 0 aliphatic carbocycles. The number of rotatable bonds is 4. The molecule has 128 valence electrons. The third-order valence-corrected chi connectivity index (χ3v) is 5.17. The Morgan fingerprint density at radius 2 is 1.96 bits per heavy atom. The van der Waals surface area contributed by atoms with Crippen molar-refractivity contribution in [2.75, 3.05) is 6.54 Å². The number of amides is 1. The lowest BCUT2D eigenvalue weighted by atomic mass is 9.94. The molecule has 25 heavy (non-hydrogen) atoms. The summed E-state index contributed by atoms with van der Waals surface area (Å²) in [6, 6.07) is 18.2. The molecule has 1 aromatic heterocycles. The minimum absolute atomic E-state index is 0.0534. The fourth-order valence-electron chi connectivity index (χ4n) is 3.88. The molecular formula is C21H23N3O. The van der Waals surface area contributed by atoms with E-state index in [0.717, 1.165) is 48.2 Å². The number of likely N-dealkylation sites (tertiary alicyclic amines) is 1. The minimum atomic E-state index is -0.0776. The van der Waals surface area contributed by atoms with Gasteiger partial charge in [-0.3, -0.25) is 4.79 Å². The van der Waals surface area contributed by atoms with Crippen LogP contribution in [0.5, 0.6) is 0 Å². The van der Waals surface area contributed by atoms with Crippen molar-refractivity contribution in [1.29, 1.82) is 0 Å². The topological polar surface area (TPSA) is 49.0 Å². The SMILES string of the molecule is CC[C@H](C(=O)N1CCC[C@@H]1c1nc2ccccc2[nH]1)c1ccccc1. The number of carbonyl (C=O) groups is 1. The van der Waals surface area contributed by atoms with Gasteiger partial charge in [0.2, 0.25) is 5.91 Å². The van der Waals surface area contributed by atoms with Crippen LogP contribution in [-0.2, 0) is 4.79 Å². The lowest BCUT2D eigenvalue weighted by molar-refractivity contribution is -0.134. The zero-order valence-corrected chi connectivity index (χ0v) is 14.5. The summed E-state index contributed by atoms with van der Waals surface area (Å²) in [5, 5.41) is 0. The van der Waals surface area contributed by atoms with E-state index in [4.69, 9.17) is 4.98 Å². The van der Waals surface area contributed by atoms with E-state index < -0.39 is 0 Å². The molecule has 1 saturated heterocycles. The highest BCUT2D eigenvalue weighted by Gasteiger charge is 2.35. The summed E-state index contributed by atoms with van der Waals surface area (Å²) in [5.74, 6) is 1.05.